The summed E-state index contributed by atoms with van der Waals surface area (Å²) < 4.78 is 18.0. The van der Waals surface area contributed by atoms with E-state index in [-0.39, 0.29) is 6.42 Å². The van der Waals surface area contributed by atoms with Crippen LogP contribution in [0.25, 0.3) is 44.3 Å². The molecule has 48 heavy (non-hydrogen) atoms. The lowest BCUT2D eigenvalue weighted by atomic mass is 9.94. The van der Waals surface area contributed by atoms with Crippen LogP contribution in [0.15, 0.2) is 156 Å². The first-order valence-electron chi connectivity index (χ1n) is 15.9. The molecule has 5 nitrogen and oxygen atoms in total. The monoisotopic (exact) mass is 630 g/mol. The summed E-state index contributed by atoms with van der Waals surface area (Å²) in [5.41, 5.74) is 8.83. The van der Waals surface area contributed by atoms with Crippen LogP contribution >= 0.6 is 0 Å². The van der Waals surface area contributed by atoms with Gasteiger partial charge in [0.2, 0.25) is 0 Å². The SMILES string of the molecule is COc1ccc(-c2cc(-c3ccc(-c4c(Cc5ccccc5)oc5ccccc45)cc3)ccc2OC(Cc2ccccc2)C(=O)O)cc1. The van der Waals surface area contributed by atoms with Gasteiger partial charge in [0.05, 0.1) is 7.11 Å². The normalized spacial score (nSPS) is 11.7. The highest BCUT2D eigenvalue weighted by atomic mass is 16.5. The van der Waals surface area contributed by atoms with E-state index in [0.29, 0.717) is 12.2 Å². The highest BCUT2D eigenvalue weighted by molar-refractivity contribution is 5.96. The summed E-state index contributed by atoms with van der Waals surface area (Å²) in [6.07, 6.45) is -0.110. The standard InChI is InChI=1S/C43H34O5/c1-46-35-23-20-32(21-24-35)37-28-34(22-25-39(37)48-41(43(44)45)27-30-12-6-3-7-13-30)31-16-18-33(19-17-31)42-36-14-8-9-15-38(36)47-40(42)26-29-10-4-2-5-11-29/h2-25,28,41H,26-27H2,1H3,(H,44,45). The van der Waals surface area contributed by atoms with Crippen molar-refractivity contribution in [2.24, 2.45) is 0 Å². The molecule has 236 valence electrons. The predicted molar refractivity (Wildman–Crippen MR) is 191 cm³/mol. The van der Waals surface area contributed by atoms with Gasteiger partial charge in [-0.1, -0.05) is 121 Å². The molecule has 0 fully saturated rings. The second-order valence-electron chi connectivity index (χ2n) is 11.7. The van der Waals surface area contributed by atoms with Crippen LogP contribution in [0, 0.1) is 0 Å². The molecule has 0 saturated carbocycles. The topological polar surface area (TPSA) is 68.9 Å². The largest absolute Gasteiger partial charge is 0.497 e. The van der Waals surface area contributed by atoms with Gasteiger partial charge in [0.25, 0.3) is 0 Å². The molecule has 1 unspecified atom stereocenters. The van der Waals surface area contributed by atoms with Crippen LogP contribution in [0.2, 0.25) is 0 Å². The maximum Gasteiger partial charge on any atom is 0.345 e. The van der Waals surface area contributed by atoms with E-state index < -0.39 is 12.1 Å². The Morgan fingerprint density at radius 2 is 1.27 bits per heavy atom. The summed E-state index contributed by atoms with van der Waals surface area (Å²) in [5, 5.41) is 11.2. The zero-order valence-electron chi connectivity index (χ0n) is 26.5. The minimum atomic E-state index is -1.05. The van der Waals surface area contributed by atoms with Gasteiger partial charge in [-0.05, 0) is 63.7 Å². The number of ether oxygens (including phenoxy) is 2. The maximum absolute atomic E-state index is 12.3. The Morgan fingerprint density at radius 1 is 0.667 bits per heavy atom. The Bertz CT molecular complexity index is 2150. The van der Waals surface area contributed by atoms with Crippen molar-refractivity contribution in [3.05, 3.63) is 169 Å². The van der Waals surface area contributed by atoms with Gasteiger partial charge in [-0.2, -0.15) is 0 Å². The lowest BCUT2D eigenvalue weighted by Crippen LogP contribution is -2.29. The molecule has 1 aromatic heterocycles. The van der Waals surface area contributed by atoms with Gasteiger partial charge < -0.3 is 19.0 Å². The Labute approximate surface area is 279 Å². The van der Waals surface area contributed by atoms with E-state index in [1.165, 1.54) is 5.56 Å². The highest BCUT2D eigenvalue weighted by Gasteiger charge is 2.23. The molecule has 7 aromatic rings. The van der Waals surface area contributed by atoms with Crippen molar-refractivity contribution in [3.8, 4) is 44.9 Å². The van der Waals surface area contributed by atoms with Gasteiger partial charge in [0.1, 0.15) is 22.8 Å². The molecule has 1 N–H and O–H groups in total. The first kappa shape index (κ1) is 30.6. The molecule has 0 amide bonds. The van der Waals surface area contributed by atoms with E-state index >= 15 is 0 Å². The number of hydrogen-bond donors (Lipinski definition) is 1. The molecule has 1 heterocycles. The summed E-state index contributed by atoms with van der Waals surface area (Å²) in [7, 11) is 1.63. The number of fused-ring (bicyclic) bond motifs is 1. The fourth-order valence-corrected chi connectivity index (χ4v) is 6.12. The van der Waals surface area contributed by atoms with Gasteiger partial charge in [0, 0.05) is 29.4 Å². The molecule has 0 aliphatic heterocycles. The van der Waals surface area contributed by atoms with E-state index in [4.69, 9.17) is 13.9 Å². The number of furan rings is 1. The second-order valence-corrected chi connectivity index (χ2v) is 11.7. The third-order valence-corrected chi connectivity index (χ3v) is 8.57. The van der Waals surface area contributed by atoms with E-state index in [1.54, 1.807) is 7.11 Å². The van der Waals surface area contributed by atoms with Crippen molar-refractivity contribution in [1.29, 1.82) is 0 Å². The Kier molecular flexibility index (Phi) is 8.75. The lowest BCUT2D eigenvalue weighted by Gasteiger charge is -2.19. The molecular formula is C43H34O5. The number of benzene rings is 6. The van der Waals surface area contributed by atoms with Crippen molar-refractivity contribution < 1.29 is 23.8 Å². The van der Waals surface area contributed by atoms with Gasteiger partial charge in [-0.25, -0.2) is 4.79 Å². The van der Waals surface area contributed by atoms with Gasteiger partial charge >= 0.3 is 5.97 Å². The summed E-state index contributed by atoms with van der Waals surface area (Å²) in [6, 6.07) is 50.2. The molecule has 0 aliphatic rings. The van der Waals surface area contributed by atoms with Crippen molar-refractivity contribution in [3.63, 3.8) is 0 Å². The third kappa shape index (κ3) is 6.58. The first-order chi connectivity index (χ1) is 23.6. The number of aliphatic carboxylic acids is 1. The molecular weight excluding hydrogens is 596 g/mol. The second kappa shape index (κ2) is 13.7. The molecule has 0 aliphatic carbocycles. The number of carboxylic acid groups (broad SMARTS) is 1. The Hall–Kier alpha value is -6.07. The summed E-state index contributed by atoms with van der Waals surface area (Å²) in [6.45, 7) is 0. The minimum Gasteiger partial charge on any atom is -0.497 e. The van der Waals surface area contributed by atoms with Crippen LogP contribution in [0.4, 0.5) is 0 Å². The van der Waals surface area contributed by atoms with Crippen LogP contribution in [0.5, 0.6) is 11.5 Å². The van der Waals surface area contributed by atoms with Crippen molar-refractivity contribution in [2.45, 2.75) is 18.9 Å². The molecule has 7 rings (SSSR count). The summed E-state index contributed by atoms with van der Waals surface area (Å²) in [5.74, 6) is 1.15. The number of carbonyl (C=O) groups is 1. The van der Waals surface area contributed by atoms with Crippen molar-refractivity contribution in [2.75, 3.05) is 7.11 Å². The number of para-hydroxylation sites is 1. The van der Waals surface area contributed by atoms with Crippen LogP contribution in [-0.2, 0) is 17.6 Å². The quantitative estimate of drug-likeness (QED) is 0.154. The molecule has 1 atom stereocenters. The van der Waals surface area contributed by atoms with E-state index in [1.807, 2.05) is 103 Å². The lowest BCUT2D eigenvalue weighted by molar-refractivity contribution is -0.145. The van der Waals surface area contributed by atoms with Crippen molar-refractivity contribution in [1.82, 2.24) is 0 Å². The maximum atomic E-state index is 12.3. The van der Waals surface area contributed by atoms with Crippen LogP contribution in [0.1, 0.15) is 16.9 Å². The predicted octanol–water partition coefficient (Wildman–Crippen LogP) is 10.1. The highest BCUT2D eigenvalue weighted by Crippen LogP contribution is 2.39. The van der Waals surface area contributed by atoms with E-state index in [0.717, 1.165) is 61.4 Å². The fraction of sp³-hybridized carbons (Fsp3) is 0.0930. The zero-order chi connectivity index (χ0) is 32.9. The third-order valence-electron chi connectivity index (χ3n) is 8.57. The Balaban J connectivity index is 1.24. The minimum absolute atomic E-state index is 0.246. The average molecular weight is 631 g/mol. The number of carboxylic acids is 1. The molecule has 0 bridgehead atoms. The Morgan fingerprint density at radius 3 is 1.96 bits per heavy atom. The molecule has 6 aromatic carbocycles. The zero-order valence-corrected chi connectivity index (χ0v) is 26.5. The number of rotatable bonds is 11. The number of hydrogen-bond acceptors (Lipinski definition) is 4. The van der Waals surface area contributed by atoms with Gasteiger partial charge in [-0.3, -0.25) is 0 Å². The average Bonchev–Trinajstić information content (AvgIpc) is 3.50. The smallest absolute Gasteiger partial charge is 0.345 e. The number of methoxy groups -OCH3 is 1. The fourth-order valence-electron chi connectivity index (χ4n) is 6.12. The van der Waals surface area contributed by atoms with Crippen molar-refractivity contribution >= 4 is 16.9 Å². The van der Waals surface area contributed by atoms with Crippen LogP contribution in [-0.4, -0.2) is 24.3 Å². The van der Waals surface area contributed by atoms with E-state index in [9.17, 15) is 9.90 Å². The summed E-state index contributed by atoms with van der Waals surface area (Å²) >= 11 is 0. The van der Waals surface area contributed by atoms with Gasteiger partial charge in [-0.15, -0.1) is 0 Å². The summed E-state index contributed by atoms with van der Waals surface area (Å²) in [4.78, 5) is 12.3. The van der Waals surface area contributed by atoms with Crippen LogP contribution in [0.3, 0.4) is 0 Å². The first-order valence-corrected chi connectivity index (χ1v) is 15.9. The molecule has 5 heteroatoms. The van der Waals surface area contributed by atoms with E-state index in [2.05, 4.69) is 48.5 Å². The molecule has 0 saturated heterocycles. The van der Waals surface area contributed by atoms with Crippen LogP contribution < -0.4 is 9.47 Å². The molecule has 0 radical (unpaired) electrons. The molecule has 0 spiro atoms. The van der Waals surface area contributed by atoms with Gasteiger partial charge in [0.15, 0.2) is 6.10 Å².